The molecule has 0 aliphatic heterocycles. The van der Waals surface area contributed by atoms with E-state index in [0.717, 1.165) is 22.1 Å². The minimum Gasteiger partial charge on any atom is -0.497 e. The normalized spacial score (nSPS) is 10.4. The molecule has 2 N–H and O–H groups in total. The molecule has 0 heterocycles. The highest BCUT2D eigenvalue weighted by atomic mass is 16.5. The van der Waals surface area contributed by atoms with Gasteiger partial charge in [-0.05, 0) is 41.0 Å². The number of urea groups is 1. The number of ether oxygens (including phenoxy) is 1. The van der Waals surface area contributed by atoms with Gasteiger partial charge in [-0.3, -0.25) is 4.79 Å². The summed E-state index contributed by atoms with van der Waals surface area (Å²) in [5, 5.41) is 13.5. The number of hydrogen-bond acceptors (Lipinski definition) is 3. The van der Waals surface area contributed by atoms with E-state index in [9.17, 15) is 9.59 Å². The minimum absolute atomic E-state index is 0.0537. The number of benzene rings is 2. The number of carboxylic acid groups (broad SMARTS) is 1. The molecule has 0 radical (unpaired) electrons. The lowest BCUT2D eigenvalue weighted by Crippen LogP contribution is -2.37. The number of fused-ring (bicyclic) bond motifs is 1. The summed E-state index contributed by atoms with van der Waals surface area (Å²) in [5.41, 5.74) is 1.02. The summed E-state index contributed by atoms with van der Waals surface area (Å²) in [6, 6.07) is 11.7. The highest BCUT2D eigenvalue weighted by Gasteiger charge is 2.09. The van der Waals surface area contributed by atoms with Crippen LogP contribution in [0.25, 0.3) is 10.8 Å². The van der Waals surface area contributed by atoms with E-state index >= 15 is 0 Å². The first-order chi connectivity index (χ1) is 11.5. The summed E-state index contributed by atoms with van der Waals surface area (Å²) in [7, 11) is 3.35. The molecular formula is C18H22N2O4. The van der Waals surface area contributed by atoms with Gasteiger partial charge in [0, 0.05) is 26.6 Å². The van der Waals surface area contributed by atoms with Gasteiger partial charge in [-0.15, -0.1) is 0 Å². The number of carbonyl (C=O) groups is 2. The number of amides is 2. The standard InChI is InChI=1S/C18H22N2O4/c1-20(18(23)19-9-3-4-17(21)22)12-13-5-6-15-11-16(24-2)8-7-14(15)10-13/h5-8,10-11H,3-4,9,12H2,1-2H3,(H,19,23)(H,21,22). The van der Waals surface area contributed by atoms with Gasteiger partial charge >= 0.3 is 12.0 Å². The Kier molecular flexibility index (Phi) is 6.01. The molecule has 24 heavy (non-hydrogen) atoms. The molecule has 0 saturated heterocycles. The maximum atomic E-state index is 12.0. The third-order valence-electron chi connectivity index (χ3n) is 3.72. The van der Waals surface area contributed by atoms with Crippen LogP contribution in [-0.4, -0.2) is 42.7 Å². The number of carboxylic acids is 1. The Morgan fingerprint density at radius 2 is 1.88 bits per heavy atom. The monoisotopic (exact) mass is 330 g/mol. The van der Waals surface area contributed by atoms with Crippen LogP contribution in [0.15, 0.2) is 36.4 Å². The average Bonchev–Trinajstić information content (AvgIpc) is 2.57. The van der Waals surface area contributed by atoms with Gasteiger partial charge in [0.05, 0.1) is 7.11 Å². The van der Waals surface area contributed by atoms with E-state index in [1.807, 2.05) is 36.4 Å². The second kappa shape index (κ2) is 8.19. The molecular weight excluding hydrogens is 308 g/mol. The van der Waals surface area contributed by atoms with Gasteiger partial charge < -0.3 is 20.1 Å². The number of aliphatic carboxylic acids is 1. The van der Waals surface area contributed by atoms with Crippen LogP contribution in [0.3, 0.4) is 0 Å². The predicted molar refractivity (Wildman–Crippen MR) is 92.2 cm³/mol. The van der Waals surface area contributed by atoms with Crippen molar-refractivity contribution >= 4 is 22.8 Å². The Hall–Kier alpha value is -2.76. The van der Waals surface area contributed by atoms with Gasteiger partial charge in [0.25, 0.3) is 0 Å². The Morgan fingerprint density at radius 1 is 1.17 bits per heavy atom. The molecule has 2 aromatic carbocycles. The highest BCUT2D eigenvalue weighted by Crippen LogP contribution is 2.22. The van der Waals surface area contributed by atoms with E-state index in [1.54, 1.807) is 19.1 Å². The quantitative estimate of drug-likeness (QED) is 0.765. The lowest BCUT2D eigenvalue weighted by Gasteiger charge is -2.18. The maximum Gasteiger partial charge on any atom is 0.317 e. The Morgan fingerprint density at radius 3 is 2.58 bits per heavy atom. The Balaban J connectivity index is 1.93. The van der Waals surface area contributed by atoms with Crippen LogP contribution in [0.1, 0.15) is 18.4 Å². The lowest BCUT2D eigenvalue weighted by molar-refractivity contribution is -0.137. The van der Waals surface area contributed by atoms with Gasteiger partial charge in [0.15, 0.2) is 0 Å². The number of hydrogen-bond donors (Lipinski definition) is 2. The fraction of sp³-hybridized carbons (Fsp3) is 0.333. The molecule has 128 valence electrons. The summed E-state index contributed by atoms with van der Waals surface area (Å²) < 4.78 is 5.21. The van der Waals surface area contributed by atoms with E-state index in [0.29, 0.717) is 19.5 Å². The molecule has 6 heteroatoms. The zero-order chi connectivity index (χ0) is 17.5. The molecule has 0 aromatic heterocycles. The predicted octanol–water partition coefficient (Wildman–Crippen LogP) is 2.85. The first-order valence-corrected chi connectivity index (χ1v) is 7.77. The van der Waals surface area contributed by atoms with Crippen LogP contribution in [0.5, 0.6) is 5.75 Å². The molecule has 2 rings (SSSR count). The third-order valence-corrected chi connectivity index (χ3v) is 3.72. The SMILES string of the molecule is COc1ccc2cc(CN(C)C(=O)NCCCC(=O)O)ccc2c1. The summed E-state index contributed by atoms with van der Waals surface area (Å²) in [4.78, 5) is 24.0. The maximum absolute atomic E-state index is 12.0. The van der Waals surface area contributed by atoms with Crippen LogP contribution in [0, 0.1) is 0 Å². The summed E-state index contributed by atoms with van der Waals surface area (Å²) in [6.07, 6.45) is 0.477. The van der Waals surface area contributed by atoms with E-state index < -0.39 is 5.97 Å². The molecule has 0 unspecified atom stereocenters. The van der Waals surface area contributed by atoms with E-state index in [1.165, 1.54) is 0 Å². The average molecular weight is 330 g/mol. The topological polar surface area (TPSA) is 78.9 Å². The van der Waals surface area contributed by atoms with Crippen molar-refractivity contribution in [2.24, 2.45) is 0 Å². The molecule has 0 aliphatic carbocycles. The van der Waals surface area contributed by atoms with Crippen molar-refractivity contribution in [2.45, 2.75) is 19.4 Å². The van der Waals surface area contributed by atoms with Gasteiger partial charge in [-0.2, -0.15) is 0 Å². The highest BCUT2D eigenvalue weighted by molar-refractivity contribution is 5.84. The van der Waals surface area contributed by atoms with E-state index in [4.69, 9.17) is 9.84 Å². The van der Waals surface area contributed by atoms with Crippen molar-refractivity contribution in [1.29, 1.82) is 0 Å². The molecule has 0 spiro atoms. The fourth-order valence-corrected chi connectivity index (χ4v) is 2.41. The van der Waals surface area contributed by atoms with Crippen LogP contribution >= 0.6 is 0 Å². The molecule has 6 nitrogen and oxygen atoms in total. The van der Waals surface area contributed by atoms with Crippen LogP contribution in [-0.2, 0) is 11.3 Å². The molecule has 0 fully saturated rings. The number of nitrogens with zero attached hydrogens (tertiary/aromatic N) is 1. The number of carbonyl (C=O) groups excluding carboxylic acids is 1. The smallest absolute Gasteiger partial charge is 0.317 e. The van der Waals surface area contributed by atoms with Crippen molar-refractivity contribution in [3.63, 3.8) is 0 Å². The molecule has 0 aliphatic rings. The Labute approximate surface area is 141 Å². The largest absolute Gasteiger partial charge is 0.497 e. The molecule has 0 saturated carbocycles. The second-order valence-corrected chi connectivity index (χ2v) is 5.63. The van der Waals surface area contributed by atoms with Crippen molar-refractivity contribution in [3.8, 4) is 5.75 Å². The van der Waals surface area contributed by atoms with Crippen molar-refractivity contribution in [3.05, 3.63) is 42.0 Å². The lowest BCUT2D eigenvalue weighted by atomic mass is 10.1. The first-order valence-electron chi connectivity index (χ1n) is 7.77. The second-order valence-electron chi connectivity index (χ2n) is 5.63. The van der Waals surface area contributed by atoms with Crippen molar-refractivity contribution in [2.75, 3.05) is 20.7 Å². The fourth-order valence-electron chi connectivity index (χ4n) is 2.41. The van der Waals surface area contributed by atoms with Crippen LogP contribution in [0.2, 0.25) is 0 Å². The zero-order valence-electron chi connectivity index (χ0n) is 13.9. The molecule has 0 atom stereocenters. The number of rotatable bonds is 7. The van der Waals surface area contributed by atoms with E-state index in [-0.39, 0.29) is 12.5 Å². The van der Waals surface area contributed by atoms with Crippen molar-refractivity contribution < 1.29 is 19.4 Å². The van der Waals surface area contributed by atoms with E-state index in [2.05, 4.69) is 5.32 Å². The molecule has 2 aromatic rings. The summed E-state index contributed by atoms with van der Waals surface area (Å²) >= 11 is 0. The Bertz CT molecular complexity index is 730. The molecule has 2 amide bonds. The van der Waals surface area contributed by atoms with Gasteiger partial charge in [0.2, 0.25) is 0 Å². The van der Waals surface area contributed by atoms with Gasteiger partial charge in [0.1, 0.15) is 5.75 Å². The number of nitrogens with one attached hydrogen (secondary N) is 1. The van der Waals surface area contributed by atoms with Crippen molar-refractivity contribution in [1.82, 2.24) is 10.2 Å². The van der Waals surface area contributed by atoms with Gasteiger partial charge in [-0.25, -0.2) is 4.79 Å². The third kappa shape index (κ3) is 4.87. The minimum atomic E-state index is -0.856. The number of methoxy groups -OCH3 is 1. The zero-order valence-corrected chi connectivity index (χ0v) is 13.9. The van der Waals surface area contributed by atoms with Gasteiger partial charge in [-0.1, -0.05) is 18.2 Å². The molecule has 0 bridgehead atoms. The van der Waals surface area contributed by atoms with Crippen LogP contribution in [0.4, 0.5) is 4.79 Å². The summed E-state index contributed by atoms with van der Waals surface area (Å²) in [6.45, 7) is 0.833. The summed E-state index contributed by atoms with van der Waals surface area (Å²) in [5.74, 6) is -0.0431. The van der Waals surface area contributed by atoms with Crippen LogP contribution < -0.4 is 10.1 Å². The first kappa shape index (κ1) is 17.6.